The number of benzene rings is 1. The molecule has 0 spiro atoms. The molecule has 0 aliphatic carbocycles. The molecule has 1 saturated heterocycles. The second kappa shape index (κ2) is 9.44. The summed E-state index contributed by atoms with van der Waals surface area (Å²) in [5.74, 6) is 1.03. The van der Waals surface area contributed by atoms with Crippen LogP contribution >= 0.6 is 0 Å². The highest BCUT2D eigenvalue weighted by molar-refractivity contribution is 5.96. The van der Waals surface area contributed by atoms with Crippen molar-refractivity contribution in [2.75, 3.05) is 20.1 Å². The maximum atomic E-state index is 13.4. The molecule has 1 N–H and O–H groups in total. The van der Waals surface area contributed by atoms with Crippen LogP contribution in [0.25, 0.3) is 0 Å². The lowest BCUT2D eigenvalue weighted by Crippen LogP contribution is -2.56. The Labute approximate surface area is 192 Å². The molecule has 0 bridgehead atoms. The number of hydrogen-bond donors (Lipinski definition) is 1. The van der Waals surface area contributed by atoms with E-state index >= 15 is 0 Å². The van der Waals surface area contributed by atoms with Gasteiger partial charge in [-0.05, 0) is 57.0 Å². The van der Waals surface area contributed by atoms with E-state index in [2.05, 4.69) is 15.5 Å². The number of ether oxygens (including phenoxy) is 1. The first-order chi connectivity index (χ1) is 15.9. The highest BCUT2D eigenvalue weighted by Gasteiger charge is 2.45. The van der Waals surface area contributed by atoms with Gasteiger partial charge in [0.15, 0.2) is 0 Å². The number of rotatable bonds is 6. The fourth-order valence-corrected chi connectivity index (χ4v) is 4.39. The minimum absolute atomic E-state index is 0.129. The fraction of sp³-hybridized carbons (Fsp3) is 0.360. The number of piperidine rings is 1. The minimum atomic E-state index is -0.874. The van der Waals surface area contributed by atoms with Crippen molar-refractivity contribution in [2.45, 2.75) is 38.7 Å². The number of nitrogens with zero attached hydrogens (tertiary/aromatic N) is 3. The molecule has 8 nitrogen and oxygen atoms in total. The molecule has 3 heterocycles. The van der Waals surface area contributed by atoms with E-state index in [4.69, 9.17) is 9.26 Å². The average molecular weight is 449 g/mol. The van der Waals surface area contributed by atoms with Gasteiger partial charge in [0.1, 0.15) is 23.5 Å². The van der Waals surface area contributed by atoms with Crippen LogP contribution in [-0.2, 0) is 16.8 Å². The number of aryl methyl sites for hydroxylation is 2. The first kappa shape index (κ1) is 22.5. The lowest BCUT2D eigenvalue weighted by Gasteiger charge is -2.41. The van der Waals surface area contributed by atoms with E-state index in [9.17, 15) is 9.59 Å². The van der Waals surface area contributed by atoms with Gasteiger partial charge in [0, 0.05) is 31.9 Å². The fourth-order valence-electron chi connectivity index (χ4n) is 4.39. The van der Waals surface area contributed by atoms with Crippen LogP contribution in [0.5, 0.6) is 5.75 Å². The van der Waals surface area contributed by atoms with Crippen molar-refractivity contribution in [1.82, 2.24) is 20.4 Å². The highest BCUT2D eigenvalue weighted by atomic mass is 16.5. The Morgan fingerprint density at radius 1 is 1.21 bits per heavy atom. The van der Waals surface area contributed by atoms with E-state index in [1.165, 1.54) is 0 Å². The SMILES string of the molecule is CNC(=O)[C@]1(c2ccccn2)CCCN(C(=O)c2cccc(OCc3c(C)noc3C)c2)C1. The predicted octanol–water partition coefficient (Wildman–Crippen LogP) is 3.19. The first-order valence-electron chi connectivity index (χ1n) is 11.0. The second-order valence-electron chi connectivity index (χ2n) is 8.33. The Morgan fingerprint density at radius 2 is 2.06 bits per heavy atom. The van der Waals surface area contributed by atoms with E-state index in [0.717, 1.165) is 11.3 Å². The summed E-state index contributed by atoms with van der Waals surface area (Å²) >= 11 is 0. The van der Waals surface area contributed by atoms with E-state index in [1.807, 2.05) is 38.1 Å². The summed E-state index contributed by atoms with van der Waals surface area (Å²) < 4.78 is 11.1. The largest absolute Gasteiger partial charge is 0.489 e. The van der Waals surface area contributed by atoms with Gasteiger partial charge in [-0.25, -0.2) is 0 Å². The molecule has 3 aromatic rings. The first-order valence-corrected chi connectivity index (χ1v) is 11.0. The summed E-state index contributed by atoms with van der Waals surface area (Å²) in [5, 5.41) is 6.71. The summed E-state index contributed by atoms with van der Waals surface area (Å²) in [6.45, 7) is 4.87. The van der Waals surface area contributed by atoms with Gasteiger partial charge in [-0.2, -0.15) is 0 Å². The van der Waals surface area contributed by atoms with E-state index in [1.54, 1.807) is 36.3 Å². The third kappa shape index (κ3) is 4.46. The molecule has 1 atom stereocenters. The monoisotopic (exact) mass is 448 g/mol. The number of carbonyl (C=O) groups excluding carboxylic acids is 2. The van der Waals surface area contributed by atoms with Crippen molar-refractivity contribution in [3.63, 3.8) is 0 Å². The number of nitrogens with one attached hydrogen (secondary N) is 1. The predicted molar refractivity (Wildman–Crippen MR) is 122 cm³/mol. The topological polar surface area (TPSA) is 97.6 Å². The van der Waals surface area contributed by atoms with Crippen LogP contribution in [0.1, 0.15) is 45.9 Å². The van der Waals surface area contributed by atoms with Crippen molar-refractivity contribution >= 4 is 11.8 Å². The third-order valence-electron chi connectivity index (χ3n) is 6.24. The molecule has 2 aromatic heterocycles. The molecule has 1 aromatic carbocycles. The van der Waals surface area contributed by atoms with E-state index < -0.39 is 5.41 Å². The van der Waals surface area contributed by atoms with Crippen LogP contribution in [-0.4, -0.2) is 47.0 Å². The van der Waals surface area contributed by atoms with Gasteiger partial charge in [0.05, 0.1) is 17.0 Å². The molecule has 172 valence electrons. The quantitative estimate of drug-likeness (QED) is 0.622. The number of likely N-dealkylation sites (N-methyl/N-ethyl adjacent to an activating group) is 1. The molecule has 1 fully saturated rings. The van der Waals surface area contributed by atoms with Crippen molar-refractivity contribution in [1.29, 1.82) is 0 Å². The van der Waals surface area contributed by atoms with Crippen LogP contribution in [0.3, 0.4) is 0 Å². The van der Waals surface area contributed by atoms with Crippen LogP contribution < -0.4 is 10.1 Å². The average Bonchev–Trinajstić information content (AvgIpc) is 3.19. The highest BCUT2D eigenvalue weighted by Crippen LogP contribution is 2.34. The summed E-state index contributed by atoms with van der Waals surface area (Å²) in [6, 6.07) is 12.7. The lowest BCUT2D eigenvalue weighted by atomic mass is 9.75. The molecular formula is C25H28N4O4. The summed E-state index contributed by atoms with van der Waals surface area (Å²) in [7, 11) is 1.62. The molecule has 0 radical (unpaired) electrons. The normalized spacial score (nSPS) is 18.1. The number of likely N-dealkylation sites (tertiary alicyclic amines) is 1. The molecule has 4 rings (SSSR count). The van der Waals surface area contributed by atoms with Gasteiger partial charge >= 0.3 is 0 Å². The van der Waals surface area contributed by atoms with Crippen molar-refractivity contribution in [3.05, 3.63) is 76.9 Å². The molecule has 2 amide bonds. The minimum Gasteiger partial charge on any atom is -0.489 e. The molecule has 8 heteroatoms. The van der Waals surface area contributed by atoms with E-state index in [-0.39, 0.29) is 18.4 Å². The van der Waals surface area contributed by atoms with Gasteiger partial charge in [0.2, 0.25) is 5.91 Å². The smallest absolute Gasteiger partial charge is 0.254 e. The van der Waals surface area contributed by atoms with Gasteiger partial charge in [-0.3, -0.25) is 14.6 Å². The maximum absolute atomic E-state index is 13.4. The number of aromatic nitrogens is 2. The van der Waals surface area contributed by atoms with Crippen LogP contribution in [0, 0.1) is 13.8 Å². The van der Waals surface area contributed by atoms with Gasteiger partial charge in [-0.1, -0.05) is 17.3 Å². The van der Waals surface area contributed by atoms with Gasteiger partial charge in [-0.15, -0.1) is 0 Å². The zero-order valence-corrected chi connectivity index (χ0v) is 19.1. The summed E-state index contributed by atoms with van der Waals surface area (Å²) in [6.07, 6.45) is 3.02. The lowest BCUT2D eigenvalue weighted by molar-refractivity contribution is -0.128. The summed E-state index contributed by atoms with van der Waals surface area (Å²) in [5.41, 5.74) is 2.00. The van der Waals surface area contributed by atoms with E-state index in [0.29, 0.717) is 48.8 Å². The van der Waals surface area contributed by atoms with Crippen LogP contribution in [0.2, 0.25) is 0 Å². The number of amides is 2. The standard InChI is InChI=1S/C25H28N4O4/c1-17-21(18(2)33-28-17)15-32-20-9-6-8-19(14-20)23(30)29-13-7-11-25(16-29,24(31)26-3)22-10-4-5-12-27-22/h4-6,8-10,12,14H,7,11,13,15-16H2,1-3H3,(H,26,31)/t25-/m1/s1. The number of pyridine rings is 1. The maximum Gasteiger partial charge on any atom is 0.254 e. The van der Waals surface area contributed by atoms with Crippen molar-refractivity contribution in [2.24, 2.45) is 0 Å². The second-order valence-corrected chi connectivity index (χ2v) is 8.33. The zero-order valence-electron chi connectivity index (χ0n) is 19.1. The van der Waals surface area contributed by atoms with Crippen molar-refractivity contribution in [3.8, 4) is 5.75 Å². The van der Waals surface area contributed by atoms with Crippen LogP contribution in [0.15, 0.2) is 53.2 Å². The zero-order chi connectivity index (χ0) is 23.4. The molecule has 0 saturated carbocycles. The Bertz CT molecular complexity index is 1120. The Hall–Kier alpha value is -3.68. The van der Waals surface area contributed by atoms with Gasteiger partial charge in [0.25, 0.3) is 5.91 Å². The molecular weight excluding hydrogens is 420 g/mol. The van der Waals surface area contributed by atoms with Crippen LogP contribution in [0.4, 0.5) is 0 Å². The summed E-state index contributed by atoms with van der Waals surface area (Å²) in [4.78, 5) is 32.6. The number of hydrogen-bond acceptors (Lipinski definition) is 6. The Balaban J connectivity index is 1.54. The molecule has 33 heavy (non-hydrogen) atoms. The molecule has 0 unspecified atom stereocenters. The Morgan fingerprint density at radius 3 is 2.76 bits per heavy atom. The molecule has 1 aliphatic rings. The third-order valence-corrected chi connectivity index (χ3v) is 6.24. The number of carbonyl (C=O) groups is 2. The van der Waals surface area contributed by atoms with Crippen molar-refractivity contribution < 1.29 is 18.8 Å². The Kier molecular flexibility index (Phi) is 6.44. The molecule has 1 aliphatic heterocycles. The van der Waals surface area contributed by atoms with Gasteiger partial charge < -0.3 is 19.5 Å².